The minimum absolute atomic E-state index is 0.338. The van der Waals surface area contributed by atoms with Crippen molar-refractivity contribution in [1.82, 2.24) is 24.8 Å². The lowest BCUT2D eigenvalue weighted by Crippen LogP contribution is -2.23. The SMILES string of the molecule is C1=Cc2oc3cc(-n4c5ccccc5c5ccccc54)ccc3c2C(c2nc(-c3ccccc3)nc(-c3ccc4ccccc4c3)n2)N1. The number of nitrogens with zero attached hydrogens (tertiary/aromatic N) is 4. The summed E-state index contributed by atoms with van der Waals surface area (Å²) in [7, 11) is 0. The van der Waals surface area contributed by atoms with Crippen molar-refractivity contribution in [1.29, 1.82) is 0 Å². The lowest BCUT2D eigenvalue weighted by Gasteiger charge is -2.20. The van der Waals surface area contributed by atoms with Gasteiger partial charge in [0.05, 0.1) is 11.0 Å². The average Bonchev–Trinajstić information content (AvgIpc) is 3.70. The number of fused-ring (bicyclic) bond motifs is 7. The Labute approximate surface area is 275 Å². The number of rotatable bonds is 4. The normalized spacial score (nSPS) is 14.1. The molecule has 0 saturated carbocycles. The molecular formula is C42H27N5O. The number of benzene rings is 6. The van der Waals surface area contributed by atoms with E-state index in [9.17, 15) is 0 Å². The summed E-state index contributed by atoms with van der Waals surface area (Å²) in [5, 5.41) is 9.33. The van der Waals surface area contributed by atoms with Crippen molar-refractivity contribution >= 4 is 49.6 Å². The van der Waals surface area contributed by atoms with Gasteiger partial charge in [-0.15, -0.1) is 0 Å². The van der Waals surface area contributed by atoms with Crippen LogP contribution in [0.25, 0.3) is 78.1 Å². The highest BCUT2D eigenvalue weighted by Crippen LogP contribution is 2.39. The van der Waals surface area contributed by atoms with Gasteiger partial charge in [-0.05, 0) is 47.2 Å². The van der Waals surface area contributed by atoms with Crippen molar-refractivity contribution in [2.24, 2.45) is 0 Å². The van der Waals surface area contributed by atoms with Crippen LogP contribution in [0.3, 0.4) is 0 Å². The molecule has 48 heavy (non-hydrogen) atoms. The van der Waals surface area contributed by atoms with Gasteiger partial charge in [0, 0.05) is 50.8 Å². The summed E-state index contributed by atoms with van der Waals surface area (Å²) in [4.78, 5) is 15.1. The molecule has 1 N–H and O–H groups in total. The van der Waals surface area contributed by atoms with E-state index in [4.69, 9.17) is 19.4 Å². The lowest BCUT2D eigenvalue weighted by molar-refractivity contribution is 0.574. The summed E-state index contributed by atoms with van der Waals surface area (Å²) in [5.41, 5.74) is 7.06. The van der Waals surface area contributed by atoms with E-state index < -0.39 is 0 Å². The van der Waals surface area contributed by atoms with Crippen molar-refractivity contribution in [3.8, 4) is 28.5 Å². The van der Waals surface area contributed by atoms with E-state index >= 15 is 0 Å². The number of para-hydroxylation sites is 2. The highest BCUT2D eigenvalue weighted by atomic mass is 16.3. The molecule has 0 spiro atoms. The molecule has 1 aliphatic heterocycles. The Bertz CT molecular complexity index is 2670. The fourth-order valence-electron chi connectivity index (χ4n) is 7.09. The molecule has 0 saturated heterocycles. The highest BCUT2D eigenvalue weighted by molar-refractivity contribution is 6.09. The van der Waals surface area contributed by atoms with Crippen molar-refractivity contribution in [2.75, 3.05) is 0 Å². The minimum atomic E-state index is -0.338. The molecule has 0 radical (unpaired) electrons. The maximum Gasteiger partial charge on any atom is 0.163 e. The molecule has 0 amide bonds. The number of hydrogen-bond acceptors (Lipinski definition) is 5. The first-order valence-corrected chi connectivity index (χ1v) is 16.1. The Balaban J connectivity index is 1.14. The Hall–Kier alpha value is -6.53. The second-order valence-electron chi connectivity index (χ2n) is 12.1. The molecule has 1 unspecified atom stereocenters. The van der Waals surface area contributed by atoms with Gasteiger partial charge in [0.15, 0.2) is 17.5 Å². The number of aromatic nitrogens is 4. The number of hydrogen-bond donors (Lipinski definition) is 1. The Morgan fingerprint density at radius 3 is 2.04 bits per heavy atom. The molecule has 226 valence electrons. The van der Waals surface area contributed by atoms with Crippen LogP contribution in [0.1, 0.15) is 23.2 Å². The first-order valence-electron chi connectivity index (χ1n) is 16.1. The van der Waals surface area contributed by atoms with Crippen molar-refractivity contribution in [2.45, 2.75) is 6.04 Å². The quantitative estimate of drug-likeness (QED) is 0.213. The first kappa shape index (κ1) is 26.7. The van der Waals surface area contributed by atoms with Crippen LogP contribution < -0.4 is 5.32 Å². The molecule has 6 heteroatoms. The van der Waals surface area contributed by atoms with E-state index in [-0.39, 0.29) is 6.04 Å². The molecule has 0 fully saturated rings. The Morgan fingerprint density at radius 1 is 0.562 bits per heavy atom. The second kappa shape index (κ2) is 10.5. The van der Waals surface area contributed by atoms with E-state index in [2.05, 4.69) is 119 Å². The summed E-state index contributed by atoms with van der Waals surface area (Å²) in [6, 6.07) is 48.0. The summed E-state index contributed by atoms with van der Waals surface area (Å²) in [5.74, 6) is 2.68. The Kier molecular flexibility index (Phi) is 5.84. The van der Waals surface area contributed by atoms with Crippen LogP contribution in [0.15, 0.2) is 150 Å². The van der Waals surface area contributed by atoms with Gasteiger partial charge in [-0.1, -0.05) is 103 Å². The second-order valence-corrected chi connectivity index (χ2v) is 12.1. The fourth-order valence-corrected chi connectivity index (χ4v) is 7.09. The number of furan rings is 1. The molecule has 6 aromatic carbocycles. The molecule has 10 rings (SSSR count). The molecule has 0 bridgehead atoms. The summed E-state index contributed by atoms with van der Waals surface area (Å²) < 4.78 is 8.88. The predicted octanol–water partition coefficient (Wildman–Crippen LogP) is 9.87. The van der Waals surface area contributed by atoms with Gasteiger partial charge in [-0.25, -0.2) is 15.0 Å². The molecular weight excluding hydrogens is 590 g/mol. The molecule has 4 heterocycles. The van der Waals surface area contributed by atoms with Gasteiger partial charge >= 0.3 is 0 Å². The molecule has 1 aliphatic rings. The van der Waals surface area contributed by atoms with E-state index in [0.717, 1.165) is 55.5 Å². The Morgan fingerprint density at radius 2 is 1.25 bits per heavy atom. The van der Waals surface area contributed by atoms with Crippen LogP contribution >= 0.6 is 0 Å². The predicted molar refractivity (Wildman–Crippen MR) is 193 cm³/mol. The average molecular weight is 618 g/mol. The monoisotopic (exact) mass is 617 g/mol. The highest BCUT2D eigenvalue weighted by Gasteiger charge is 2.29. The zero-order valence-corrected chi connectivity index (χ0v) is 25.7. The third-order valence-corrected chi connectivity index (χ3v) is 9.32. The van der Waals surface area contributed by atoms with Gasteiger partial charge in [0.1, 0.15) is 17.4 Å². The maximum atomic E-state index is 6.57. The van der Waals surface area contributed by atoms with Crippen molar-refractivity contribution < 1.29 is 4.42 Å². The van der Waals surface area contributed by atoms with Crippen LogP contribution in [-0.4, -0.2) is 19.5 Å². The third kappa shape index (κ3) is 4.16. The molecule has 9 aromatic rings. The first-order chi connectivity index (χ1) is 23.8. The van der Waals surface area contributed by atoms with Crippen LogP contribution in [0.2, 0.25) is 0 Å². The van der Waals surface area contributed by atoms with Gasteiger partial charge in [-0.2, -0.15) is 0 Å². The van der Waals surface area contributed by atoms with Crippen LogP contribution in [0.5, 0.6) is 0 Å². The van der Waals surface area contributed by atoms with Crippen molar-refractivity contribution in [3.63, 3.8) is 0 Å². The van der Waals surface area contributed by atoms with E-state index in [1.165, 1.54) is 16.2 Å². The largest absolute Gasteiger partial charge is 0.456 e. The zero-order chi connectivity index (χ0) is 31.6. The van der Waals surface area contributed by atoms with E-state index in [1.807, 2.05) is 42.6 Å². The molecule has 6 nitrogen and oxygen atoms in total. The van der Waals surface area contributed by atoms with Crippen LogP contribution in [0, 0.1) is 0 Å². The van der Waals surface area contributed by atoms with Crippen LogP contribution in [-0.2, 0) is 0 Å². The zero-order valence-electron chi connectivity index (χ0n) is 25.7. The van der Waals surface area contributed by atoms with Gasteiger partial charge in [-0.3, -0.25) is 0 Å². The van der Waals surface area contributed by atoms with Crippen molar-refractivity contribution in [3.05, 3.63) is 163 Å². The summed E-state index contributed by atoms with van der Waals surface area (Å²) in [6.45, 7) is 0. The van der Waals surface area contributed by atoms with E-state index in [1.54, 1.807) is 0 Å². The number of nitrogens with one attached hydrogen (secondary N) is 1. The third-order valence-electron chi connectivity index (χ3n) is 9.32. The van der Waals surface area contributed by atoms with Crippen LogP contribution in [0.4, 0.5) is 0 Å². The smallest absolute Gasteiger partial charge is 0.163 e. The van der Waals surface area contributed by atoms with E-state index in [0.29, 0.717) is 17.5 Å². The fraction of sp³-hybridized carbons (Fsp3) is 0.0238. The molecule has 1 atom stereocenters. The lowest BCUT2D eigenvalue weighted by atomic mass is 9.99. The standard InChI is InChI=1S/C42H27N5O/c1-2-11-27(12-3-1)40-44-41(29-19-18-26-10-4-5-13-28(26)24-29)46-42(45-40)39-38-33-21-20-30(25-37(33)48-36(38)22-23-43-39)47-34-16-8-6-14-31(34)32-15-7-9-17-35(32)47/h1-25,39,43H. The topological polar surface area (TPSA) is 68.8 Å². The minimum Gasteiger partial charge on any atom is -0.456 e. The van der Waals surface area contributed by atoms with Gasteiger partial charge in [0.25, 0.3) is 0 Å². The maximum absolute atomic E-state index is 6.57. The van der Waals surface area contributed by atoms with Gasteiger partial charge < -0.3 is 14.3 Å². The molecule has 0 aliphatic carbocycles. The van der Waals surface area contributed by atoms with Gasteiger partial charge in [0.2, 0.25) is 0 Å². The summed E-state index contributed by atoms with van der Waals surface area (Å²) in [6.07, 6.45) is 3.90. The molecule has 3 aromatic heterocycles. The summed E-state index contributed by atoms with van der Waals surface area (Å²) >= 11 is 0.